The summed E-state index contributed by atoms with van der Waals surface area (Å²) in [6.07, 6.45) is 16.3. The van der Waals surface area contributed by atoms with Crippen molar-refractivity contribution in [1.82, 2.24) is 14.7 Å². The summed E-state index contributed by atoms with van der Waals surface area (Å²) in [6.45, 7) is 22.2. The molecule has 2 heterocycles. The van der Waals surface area contributed by atoms with Crippen LogP contribution in [0.1, 0.15) is 112 Å². The maximum atomic E-state index is 8.58. The molecule has 1 amide bonds. The third-order valence-corrected chi connectivity index (χ3v) is 8.47. The van der Waals surface area contributed by atoms with Crippen LogP contribution < -0.4 is 5.73 Å². The number of amides is 1. The Morgan fingerprint density at radius 3 is 1.91 bits per heavy atom. The zero-order chi connectivity index (χ0) is 26.5. The molecule has 1 saturated carbocycles. The normalized spacial score (nSPS) is 24.4. The lowest BCUT2D eigenvalue weighted by Crippen LogP contribution is -2.52. The molecule has 5 heteroatoms. The zero-order valence-corrected chi connectivity index (χ0v) is 24.9. The SMILES string of the molecule is CC.CCCC(CC)CCCC1CC(CC)C1.CCN1CCC(N2CCN(C)CC2)CC1.NC=O. The van der Waals surface area contributed by atoms with Gasteiger partial charge in [-0.2, -0.15) is 0 Å². The molecule has 2 saturated heterocycles. The van der Waals surface area contributed by atoms with E-state index in [4.69, 9.17) is 4.79 Å². The van der Waals surface area contributed by atoms with Gasteiger partial charge >= 0.3 is 0 Å². The van der Waals surface area contributed by atoms with E-state index in [1.54, 1.807) is 12.8 Å². The molecular weight excluding hydrogens is 432 g/mol. The van der Waals surface area contributed by atoms with E-state index >= 15 is 0 Å². The molecule has 3 aliphatic rings. The highest BCUT2D eigenvalue weighted by atomic mass is 16.1. The number of carbonyl (C=O) groups is 1. The van der Waals surface area contributed by atoms with Crippen LogP contribution in [0, 0.1) is 17.8 Å². The fourth-order valence-corrected chi connectivity index (χ4v) is 5.89. The molecule has 0 aromatic heterocycles. The predicted molar refractivity (Wildman–Crippen MR) is 155 cm³/mol. The Bertz CT molecular complexity index is 453. The Morgan fingerprint density at radius 2 is 1.46 bits per heavy atom. The van der Waals surface area contributed by atoms with Crippen LogP contribution in [-0.4, -0.2) is 80.0 Å². The molecule has 2 N–H and O–H groups in total. The van der Waals surface area contributed by atoms with E-state index in [-0.39, 0.29) is 6.41 Å². The summed E-state index contributed by atoms with van der Waals surface area (Å²) in [5, 5.41) is 0. The van der Waals surface area contributed by atoms with Crippen molar-refractivity contribution in [2.75, 3.05) is 52.9 Å². The number of nitrogens with two attached hydrogens (primary N) is 1. The molecule has 0 radical (unpaired) electrons. The van der Waals surface area contributed by atoms with Crippen LogP contribution in [-0.2, 0) is 4.79 Å². The Morgan fingerprint density at radius 1 is 0.886 bits per heavy atom. The predicted octanol–water partition coefficient (Wildman–Crippen LogP) is 6.27. The van der Waals surface area contributed by atoms with Crippen LogP contribution in [0.25, 0.3) is 0 Å². The second kappa shape index (κ2) is 22.5. The number of hydrogen-bond donors (Lipinski definition) is 1. The standard InChI is InChI=1S/C15H30.C12H25N3.C2H6.CH3NO/c1-4-8-13(5-2)9-7-10-15-11-14(6-3)12-15;1-3-14-6-4-12(5-7-14)15-10-8-13(2)9-11-15;1-2;2-1-3/h13-15H,4-12H2,1-3H3;12H,3-11H2,1-2H3;1-2H3;1H,(H2,2,3). The molecule has 3 rings (SSSR count). The van der Waals surface area contributed by atoms with E-state index in [0.29, 0.717) is 0 Å². The van der Waals surface area contributed by atoms with Crippen molar-refractivity contribution in [3.63, 3.8) is 0 Å². The van der Waals surface area contributed by atoms with Gasteiger partial charge in [-0.1, -0.05) is 86.5 Å². The van der Waals surface area contributed by atoms with Gasteiger partial charge in [-0.25, -0.2) is 0 Å². The van der Waals surface area contributed by atoms with E-state index in [9.17, 15) is 0 Å². The quantitative estimate of drug-likeness (QED) is 0.362. The van der Waals surface area contributed by atoms with Crippen molar-refractivity contribution in [2.24, 2.45) is 23.5 Å². The molecular formula is C30H64N4O. The first kappa shape index (κ1) is 34.4. The first-order chi connectivity index (χ1) is 17.0. The minimum absolute atomic E-state index is 0.250. The van der Waals surface area contributed by atoms with Crippen LogP contribution >= 0.6 is 0 Å². The van der Waals surface area contributed by atoms with Gasteiger partial charge in [-0.05, 0) is 70.1 Å². The molecule has 0 spiro atoms. The second-order valence-corrected chi connectivity index (χ2v) is 10.7. The minimum Gasteiger partial charge on any atom is -0.372 e. The third kappa shape index (κ3) is 15.3. The van der Waals surface area contributed by atoms with Crippen molar-refractivity contribution < 1.29 is 4.79 Å². The molecule has 3 fully saturated rings. The van der Waals surface area contributed by atoms with Gasteiger partial charge in [0, 0.05) is 32.2 Å². The molecule has 1 atom stereocenters. The van der Waals surface area contributed by atoms with E-state index in [2.05, 4.69) is 55.2 Å². The summed E-state index contributed by atoms with van der Waals surface area (Å²) in [5.41, 5.74) is 4.17. The van der Waals surface area contributed by atoms with Gasteiger partial charge in [0.1, 0.15) is 0 Å². The van der Waals surface area contributed by atoms with Crippen LogP contribution in [0.4, 0.5) is 0 Å². The molecule has 0 aromatic carbocycles. The van der Waals surface area contributed by atoms with E-state index in [1.807, 2.05) is 13.8 Å². The summed E-state index contributed by atoms with van der Waals surface area (Å²) in [4.78, 5) is 16.3. The molecule has 0 aromatic rings. The van der Waals surface area contributed by atoms with Gasteiger partial charge in [-0.15, -0.1) is 0 Å². The van der Waals surface area contributed by atoms with E-state index in [0.717, 1.165) is 23.8 Å². The molecule has 0 bridgehead atoms. The highest BCUT2D eigenvalue weighted by Crippen LogP contribution is 2.39. The Hall–Kier alpha value is -0.650. The number of carbonyl (C=O) groups excluding carboxylic acids is 1. The first-order valence-electron chi connectivity index (χ1n) is 15.3. The van der Waals surface area contributed by atoms with Crippen molar-refractivity contribution in [1.29, 1.82) is 0 Å². The molecule has 5 nitrogen and oxygen atoms in total. The van der Waals surface area contributed by atoms with Crippen LogP contribution in [0.15, 0.2) is 0 Å². The number of hydrogen-bond acceptors (Lipinski definition) is 4. The minimum atomic E-state index is 0.250. The van der Waals surface area contributed by atoms with Crippen LogP contribution in [0.5, 0.6) is 0 Å². The fraction of sp³-hybridized carbons (Fsp3) is 0.967. The number of nitrogens with zero attached hydrogens (tertiary/aromatic N) is 3. The molecule has 1 unspecified atom stereocenters. The van der Waals surface area contributed by atoms with Crippen molar-refractivity contribution in [3.05, 3.63) is 0 Å². The highest BCUT2D eigenvalue weighted by molar-refractivity contribution is 5.42. The molecule has 2 aliphatic heterocycles. The first-order valence-corrected chi connectivity index (χ1v) is 15.3. The lowest BCUT2D eigenvalue weighted by atomic mass is 9.71. The fourth-order valence-electron chi connectivity index (χ4n) is 5.89. The van der Waals surface area contributed by atoms with Crippen molar-refractivity contribution in [2.45, 2.75) is 118 Å². The van der Waals surface area contributed by atoms with Gasteiger partial charge in [0.15, 0.2) is 0 Å². The molecule has 210 valence electrons. The number of likely N-dealkylation sites (tertiary alicyclic amines) is 1. The lowest BCUT2D eigenvalue weighted by Gasteiger charge is -2.41. The smallest absolute Gasteiger partial charge is 0.204 e. The summed E-state index contributed by atoms with van der Waals surface area (Å²) in [5.74, 6) is 3.22. The molecule has 35 heavy (non-hydrogen) atoms. The molecule has 1 aliphatic carbocycles. The van der Waals surface area contributed by atoms with Gasteiger partial charge < -0.3 is 15.5 Å². The monoisotopic (exact) mass is 497 g/mol. The van der Waals surface area contributed by atoms with E-state index < -0.39 is 0 Å². The Labute approximate surface area is 220 Å². The maximum absolute atomic E-state index is 8.58. The van der Waals surface area contributed by atoms with Crippen LogP contribution in [0.2, 0.25) is 0 Å². The largest absolute Gasteiger partial charge is 0.372 e. The second-order valence-electron chi connectivity index (χ2n) is 10.7. The summed E-state index contributed by atoms with van der Waals surface area (Å²) < 4.78 is 0. The average Bonchev–Trinajstić information content (AvgIpc) is 2.87. The zero-order valence-electron chi connectivity index (χ0n) is 24.9. The summed E-state index contributed by atoms with van der Waals surface area (Å²) in [6, 6.07) is 0.876. The Balaban J connectivity index is 0.000000559. The maximum Gasteiger partial charge on any atom is 0.204 e. The number of likely N-dealkylation sites (N-methyl/N-ethyl adjacent to an activating group) is 1. The van der Waals surface area contributed by atoms with Crippen molar-refractivity contribution in [3.8, 4) is 0 Å². The number of rotatable bonds is 10. The summed E-state index contributed by atoms with van der Waals surface area (Å²) in [7, 11) is 2.23. The highest BCUT2D eigenvalue weighted by Gasteiger charge is 2.27. The van der Waals surface area contributed by atoms with Gasteiger partial charge in [-0.3, -0.25) is 9.69 Å². The van der Waals surface area contributed by atoms with Crippen LogP contribution in [0.3, 0.4) is 0 Å². The van der Waals surface area contributed by atoms with Crippen molar-refractivity contribution >= 4 is 6.41 Å². The summed E-state index contributed by atoms with van der Waals surface area (Å²) >= 11 is 0. The van der Waals surface area contributed by atoms with Gasteiger partial charge in [0.05, 0.1) is 0 Å². The Kier molecular flexibility index (Phi) is 22.1. The topological polar surface area (TPSA) is 52.8 Å². The average molecular weight is 497 g/mol. The van der Waals surface area contributed by atoms with E-state index in [1.165, 1.54) is 104 Å². The number of piperidine rings is 1. The third-order valence-electron chi connectivity index (χ3n) is 8.47. The van der Waals surface area contributed by atoms with Gasteiger partial charge in [0.25, 0.3) is 0 Å². The number of piperazine rings is 1. The number of primary amides is 1. The lowest BCUT2D eigenvalue weighted by molar-refractivity contribution is -0.106. The van der Waals surface area contributed by atoms with Gasteiger partial charge in [0.2, 0.25) is 6.41 Å².